The van der Waals surface area contributed by atoms with E-state index in [1.54, 1.807) is 6.92 Å². The van der Waals surface area contributed by atoms with Crippen molar-refractivity contribution in [3.63, 3.8) is 0 Å². The fourth-order valence-electron chi connectivity index (χ4n) is 3.96. The zero-order valence-electron chi connectivity index (χ0n) is 21.1. The number of aromatic amines is 1. The molecule has 1 aromatic heterocycles. The first-order valence-electron chi connectivity index (χ1n) is 11.3. The summed E-state index contributed by atoms with van der Waals surface area (Å²) in [6.07, 6.45) is 0. The van der Waals surface area contributed by atoms with Crippen LogP contribution < -0.4 is 15.0 Å². The van der Waals surface area contributed by atoms with E-state index in [2.05, 4.69) is 10.1 Å². The Morgan fingerprint density at radius 1 is 0.974 bits per heavy atom. The summed E-state index contributed by atoms with van der Waals surface area (Å²) in [6, 6.07) is 17.7. The number of nitro benzene ring substituents is 1. The second-order valence-corrected chi connectivity index (χ2v) is 8.06. The summed E-state index contributed by atoms with van der Waals surface area (Å²) in [5.41, 5.74) is 1.97. The number of non-ortho nitro benzene ring substituents is 1. The molecule has 0 saturated carbocycles. The van der Waals surface area contributed by atoms with Crippen LogP contribution in [0.4, 0.5) is 11.4 Å². The average molecular weight is 517 g/mol. The Morgan fingerprint density at radius 3 is 2.18 bits per heavy atom. The molecule has 0 atom stereocenters. The van der Waals surface area contributed by atoms with E-state index >= 15 is 0 Å². The Hall–Kier alpha value is -5.19. The Bertz CT molecular complexity index is 1590. The van der Waals surface area contributed by atoms with Gasteiger partial charge < -0.3 is 14.2 Å². The number of hydrogen-bond acceptors (Lipinski definition) is 8. The number of aliphatic imine (C=N–C) groups is 1. The molecular weight excluding hydrogens is 492 g/mol. The van der Waals surface area contributed by atoms with Gasteiger partial charge in [-0.15, -0.1) is 0 Å². The van der Waals surface area contributed by atoms with E-state index in [4.69, 9.17) is 14.2 Å². The molecule has 0 fully saturated rings. The third kappa shape index (κ3) is 4.89. The van der Waals surface area contributed by atoms with Crippen molar-refractivity contribution in [1.82, 2.24) is 9.78 Å². The molecule has 0 saturated heterocycles. The van der Waals surface area contributed by atoms with Gasteiger partial charge in [-0.1, -0.05) is 30.3 Å². The largest absolute Gasteiger partial charge is 0.493 e. The highest BCUT2D eigenvalue weighted by Crippen LogP contribution is 2.36. The number of nitrogens with zero attached hydrogens (tertiary/aromatic N) is 3. The SMILES string of the molecule is COC(=O)c1cc(OC)c(OC)cc1N=C(C)c1c(-c2ccccc2)[nH]n(-c2ccc([N+](=O)[O-])cc2)c1=O. The lowest BCUT2D eigenvalue weighted by molar-refractivity contribution is -0.384. The summed E-state index contributed by atoms with van der Waals surface area (Å²) in [5, 5.41) is 14.2. The van der Waals surface area contributed by atoms with Crippen LogP contribution in [0.25, 0.3) is 16.9 Å². The minimum absolute atomic E-state index is 0.0987. The van der Waals surface area contributed by atoms with E-state index in [1.165, 1.54) is 62.4 Å². The minimum Gasteiger partial charge on any atom is -0.493 e. The van der Waals surface area contributed by atoms with Gasteiger partial charge in [0.05, 0.1) is 60.2 Å². The van der Waals surface area contributed by atoms with Crippen LogP contribution in [-0.2, 0) is 4.74 Å². The van der Waals surface area contributed by atoms with Crippen molar-refractivity contribution >= 4 is 23.1 Å². The fourth-order valence-corrected chi connectivity index (χ4v) is 3.96. The van der Waals surface area contributed by atoms with Crippen LogP contribution in [0, 0.1) is 10.1 Å². The molecule has 4 rings (SSSR count). The molecule has 0 spiro atoms. The van der Waals surface area contributed by atoms with Crippen molar-refractivity contribution in [2.75, 3.05) is 21.3 Å². The molecule has 1 N–H and O–H groups in total. The second-order valence-electron chi connectivity index (χ2n) is 8.06. The smallest absolute Gasteiger partial charge is 0.340 e. The van der Waals surface area contributed by atoms with Gasteiger partial charge in [0.1, 0.15) is 0 Å². The number of aromatic nitrogens is 2. The van der Waals surface area contributed by atoms with Gasteiger partial charge in [-0.05, 0) is 19.1 Å². The lowest BCUT2D eigenvalue weighted by Crippen LogP contribution is -2.19. The van der Waals surface area contributed by atoms with Gasteiger partial charge in [-0.25, -0.2) is 9.48 Å². The molecular formula is C27H24N4O7. The molecule has 0 bridgehead atoms. The predicted molar refractivity (Wildman–Crippen MR) is 141 cm³/mol. The Balaban J connectivity index is 1.94. The van der Waals surface area contributed by atoms with Gasteiger partial charge in [0.15, 0.2) is 11.5 Å². The van der Waals surface area contributed by atoms with Crippen molar-refractivity contribution in [2.24, 2.45) is 4.99 Å². The van der Waals surface area contributed by atoms with Gasteiger partial charge in [0.2, 0.25) is 0 Å². The number of nitrogens with one attached hydrogen (secondary N) is 1. The van der Waals surface area contributed by atoms with Crippen LogP contribution in [0.2, 0.25) is 0 Å². The summed E-state index contributed by atoms with van der Waals surface area (Å²) in [6.45, 7) is 1.65. The van der Waals surface area contributed by atoms with Gasteiger partial charge in [-0.2, -0.15) is 0 Å². The number of carbonyl (C=O) groups excluding carboxylic acids is 1. The third-order valence-electron chi connectivity index (χ3n) is 5.83. The molecule has 1 heterocycles. The number of benzene rings is 3. The van der Waals surface area contributed by atoms with E-state index in [0.29, 0.717) is 28.6 Å². The molecule has 0 unspecified atom stereocenters. The van der Waals surface area contributed by atoms with Crippen LogP contribution in [0.15, 0.2) is 76.5 Å². The van der Waals surface area contributed by atoms with E-state index in [1.807, 2.05) is 30.3 Å². The third-order valence-corrected chi connectivity index (χ3v) is 5.83. The van der Waals surface area contributed by atoms with Crippen LogP contribution in [0.1, 0.15) is 22.8 Å². The molecule has 11 nitrogen and oxygen atoms in total. The quantitative estimate of drug-likeness (QED) is 0.155. The molecule has 11 heteroatoms. The highest BCUT2D eigenvalue weighted by atomic mass is 16.6. The predicted octanol–water partition coefficient (Wildman–Crippen LogP) is 4.69. The number of esters is 1. The molecule has 0 aliphatic carbocycles. The lowest BCUT2D eigenvalue weighted by Gasteiger charge is -2.12. The van der Waals surface area contributed by atoms with Crippen molar-refractivity contribution in [3.05, 3.63) is 98.3 Å². The van der Waals surface area contributed by atoms with E-state index in [-0.39, 0.29) is 22.5 Å². The Labute approximate surface area is 217 Å². The maximum atomic E-state index is 13.7. The normalized spacial score (nSPS) is 11.2. The number of carbonyl (C=O) groups is 1. The maximum Gasteiger partial charge on any atom is 0.340 e. The van der Waals surface area contributed by atoms with Crippen molar-refractivity contribution in [2.45, 2.75) is 6.92 Å². The van der Waals surface area contributed by atoms with Gasteiger partial charge in [-0.3, -0.25) is 25.0 Å². The summed E-state index contributed by atoms with van der Waals surface area (Å²) in [7, 11) is 4.15. The molecule has 0 radical (unpaired) electrons. The van der Waals surface area contributed by atoms with Crippen LogP contribution in [-0.4, -0.2) is 47.7 Å². The monoisotopic (exact) mass is 516 g/mol. The van der Waals surface area contributed by atoms with Crippen molar-refractivity contribution in [1.29, 1.82) is 0 Å². The number of ether oxygens (including phenoxy) is 3. The van der Waals surface area contributed by atoms with Gasteiger partial charge >= 0.3 is 5.97 Å². The van der Waals surface area contributed by atoms with Crippen LogP contribution in [0.3, 0.4) is 0 Å². The number of hydrogen-bond donors (Lipinski definition) is 1. The average Bonchev–Trinajstić information content (AvgIpc) is 3.29. The van der Waals surface area contributed by atoms with Crippen molar-refractivity contribution in [3.8, 4) is 28.4 Å². The standard InChI is InChI=1S/C27H24N4O7/c1-16(28-21-15-23(37-3)22(36-2)14-20(21)27(33)38-4)24-25(17-8-6-5-7-9-17)29-30(26(24)32)18-10-12-19(13-11-18)31(34)35/h5-15,29H,1-4H3. The molecule has 0 aliphatic heterocycles. The fraction of sp³-hybridized carbons (Fsp3) is 0.148. The van der Waals surface area contributed by atoms with E-state index in [9.17, 15) is 19.7 Å². The first-order valence-corrected chi connectivity index (χ1v) is 11.3. The first-order chi connectivity index (χ1) is 18.3. The van der Waals surface area contributed by atoms with Crippen molar-refractivity contribution < 1.29 is 23.9 Å². The number of methoxy groups -OCH3 is 3. The number of rotatable bonds is 8. The first kappa shape index (κ1) is 25.9. The zero-order valence-corrected chi connectivity index (χ0v) is 21.1. The number of H-pyrrole nitrogens is 1. The highest BCUT2D eigenvalue weighted by molar-refractivity contribution is 6.06. The minimum atomic E-state index is -0.641. The summed E-state index contributed by atoms with van der Waals surface area (Å²) in [4.78, 5) is 41.4. The summed E-state index contributed by atoms with van der Waals surface area (Å²) < 4.78 is 16.9. The zero-order chi connectivity index (χ0) is 27.4. The summed E-state index contributed by atoms with van der Waals surface area (Å²) in [5.74, 6) is 0.0159. The van der Waals surface area contributed by atoms with E-state index in [0.717, 1.165) is 5.56 Å². The van der Waals surface area contributed by atoms with Crippen LogP contribution >= 0.6 is 0 Å². The second kappa shape index (κ2) is 10.8. The molecule has 194 valence electrons. The Kier molecular flexibility index (Phi) is 7.38. The summed E-state index contributed by atoms with van der Waals surface area (Å²) >= 11 is 0. The topological polar surface area (TPSA) is 138 Å². The highest BCUT2D eigenvalue weighted by Gasteiger charge is 2.22. The molecule has 0 amide bonds. The van der Waals surface area contributed by atoms with Crippen LogP contribution in [0.5, 0.6) is 11.5 Å². The van der Waals surface area contributed by atoms with E-state index < -0.39 is 16.5 Å². The van der Waals surface area contributed by atoms with Gasteiger partial charge in [0, 0.05) is 29.8 Å². The molecule has 3 aromatic carbocycles. The maximum absolute atomic E-state index is 13.7. The molecule has 0 aliphatic rings. The number of nitro groups is 1. The lowest BCUT2D eigenvalue weighted by atomic mass is 10.0. The molecule has 38 heavy (non-hydrogen) atoms. The molecule has 4 aromatic rings. The Morgan fingerprint density at radius 2 is 1.61 bits per heavy atom. The van der Waals surface area contributed by atoms with Gasteiger partial charge in [0.25, 0.3) is 11.2 Å².